The van der Waals surface area contributed by atoms with Crippen LogP contribution < -0.4 is 5.32 Å². The van der Waals surface area contributed by atoms with E-state index in [2.05, 4.69) is 22.2 Å². The third-order valence-corrected chi connectivity index (χ3v) is 4.26. The van der Waals surface area contributed by atoms with Crippen molar-refractivity contribution in [1.82, 2.24) is 9.97 Å². The van der Waals surface area contributed by atoms with Gasteiger partial charge in [-0.1, -0.05) is 25.5 Å². The number of hydrogen-bond acceptors (Lipinski definition) is 3. The lowest BCUT2D eigenvalue weighted by Gasteiger charge is -2.41. The molecule has 0 amide bonds. The maximum absolute atomic E-state index is 4.60. The van der Waals surface area contributed by atoms with Crippen LogP contribution in [-0.4, -0.2) is 16.5 Å². The topological polar surface area (TPSA) is 37.8 Å². The average molecular weight is 241 g/mol. The van der Waals surface area contributed by atoms with Gasteiger partial charge in [-0.05, 0) is 36.8 Å². The smallest absolute Gasteiger partial charge is 0.145 e. The van der Waals surface area contributed by atoms with Crippen molar-refractivity contribution in [3.63, 3.8) is 0 Å². The minimum absolute atomic E-state index is 0.507. The lowest BCUT2D eigenvalue weighted by molar-refractivity contribution is 0.145. The van der Waals surface area contributed by atoms with Crippen molar-refractivity contribution in [3.05, 3.63) is 30.5 Å². The highest BCUT2D eigenvalue weighted by Gasteiger charge is 2.34. The van der Waals surface area contributed by atoms with Gasteiger partial charge in [-0.15, -0.1) is 0 Å². The van der Waals surface area contributed by atoms with Crippen LogP contribution in [0.5, 0.6) is 0 Å². The fourth-order valence-corrected chi connectivity index (χ4v) is 2.65. The van der Waals surface area contributed by atoms with E-state index in [9.17, 15) is 0 Å². The fraction of sp³-hybridized carbons (Fsp3) is 0.467. The van der Waals surface area contributed by atoms with Gasteiger partial charge in [0, 0.05) is 6.54 Å². The van der Waals surface area contributed by atoms with E-state index >= 15 is 0 Å². The van der Waals surface area contributed by atoms with E-state index in [-0.39, 0.29) is 0 Å². The van der Waals surface area contributed by atoms with Gasteiger partial charge in [0.15, 0.2) is 0 Å². The first-order valence-corrected chi connectivity index (χ1v) is 6.77. The molecule has 1 aromatic carbocycles. The summed E-state index contributed by atoms with van der Waals surface area (Å²) in [5.74, 6) is 0.897. The highest BCUT2D eigenvalue weighted by atomic mass is 15.0. The van der Waals surface area contributed by atoms with E-state index in [1.165, 1.54) is 25.7 Å². The van der Waals surface area contributed by atoms with Gasteiger partial charge in [-0.3, -0.25) is 4.98 Å². The molecule has 0 unspecified atom stereocenters. The molecular formula is C15H19N3. The number of anilines is 1. The van der Waals surface area contributed by atoms with Gasteiger partial charge in [-0.2, -0.15) is 0 Å². The van der Waals surface area contributed by atoms with E-state index in [0.717, 1.165) is 23.4 Å². The molecule has 0 aliphatic heterocycles. The summed E-state index contributed by atoms with van der Waals surface area (Å²) in [6.07, 6.45) is 7.15. The van der Waals surface area contributed by atoms with Crippen LogP contribution in [0.4, 0.5) is 5.82 Å². The summed E-state index contributed by atoms with van der Waals surface area (Å²) < 4.78 is 0. The Labute approximate surface area is 108 Å². The molecule has 1 N–H and O–H groups in total. The number of aromatic nitrogens is 2. The summed E-state index contributed by atoms with van der Waals surface area (Å²) in [6, 6.07) is 7.99. The van der Waals surface area contributed by atoms with Gasteiger partial charge in [-0.25, -0.2) is 4.98 Å². The standard InChI is InChI=1S/C15H19N3/c1-2-15(8-5-9-15)11-17-14-10-16-12-6-3-4-7-13(12)18-14/h3-4,6-7,10H,2,5,8-9,11H2,1H3,(H,17,18). The molecule has 3 heteroatoms. The van der Waals surface area contributed by atoms with E-state index in [0.29, 0.717) is 5.41 Å². The monoisotopic (exact) mass is 241 g/mol. The van der Waals surface area contributed by atoms with Crippen molar-refractivity contribution < 1.29 is 0 Å². The Bertz CT molecular complexity index is 541. The molecule has 1 aromatic heterocycles. The number of para-hydroxylation sites is 2. The van der Waals surface area contributed by atoms with E-state index in [1.54, 1.807) is 0 Å². The number of hydrogen-bond donors (Lipinski definition) is 1. The van der Waals surface area contributed by atoms with Crippen molar-refractivity contribution >= 4 is 16.9 Å². The van der Waals surface area contributed by atoms with Crippen molar-refractivity contribution in [3.8, 4) is 0 Å². The second kappa shape index (κ2) is 4.56. The summed E-state index contributed by atoms with van der Waals surface area (Å²) >= 11 is 0. The zero-order chi connectivity index (χ0) is 12.4. The number of rotatable bonds is 4. The van der Waals surface area contributed by atoms with Crippen molar-refractivity contribution in [2.45, 2.75) is 32.6 Å². The predicted molar refractivity (Wildman–Crippen MR) is 74.6 cm³/mol. The number of benzene rings is 1. The molecular weight excluding hydrogens is 222 g/mol. The van der Waals surface area contributed by atoms with Gasteiger partial charge in [0.2, 0.25) is 0 Å². The summed E-state index contributed by atoms with van der Waals surface area (Å²) in [7, 11) is 0. The molecule has 1 saturated carbocycles. The quantitative estimate of drug-likeness (QED) is 0.888. The third kappa shape index (κ3) is 2.05. The largest absolute Gasteiger partial charge is 0.368 e. The normalized spacial score (nSPS) is 17.4. The van der Waals surface area contributed by atoms with Crippen LogP contribution in [0, 0.1) is 5.41 Å². The zero-order valence-corrected chi connectivity index (χ0v) is 10.8. The maximum atomic E-state index is 4.60. The second-order valence-electron chi connectivity index (χ2n) is 5.30. The van der Waals surface area contributed by atoms with Crippen LogP contribution in [-0.2, 0) is 0 Å². The van der Waals surface area contributed by atoms with Gasteiger partial charge >= 0.3 is 0 Å². The van der Waals surface area contributed by atoms with Crippen LogP contribution in [0.2, 0.25) is 0 Å². The van der Waals surface area contributed by atoms with E-state index in [4.69, 9.17) is 0 Å². The Hall–Kier alpha value is -1.64. The maximum Gasteiger partial charge on any atom is 0.145 e. The molecule has 1 fully saturated rings. The highest BCUT2D eigenvalue weighted by molar-refractivity contribution is 5.75. The Morgan fingerprint density at radius 1 is 1.22 bits per heavy atom. The van der Waals surface area contributed by atoms with Crippen LogP contribution in [0.15, 0.2) is 30.5 Å². The SMILES string of the molecule is CCC1(CNc2cnc3ccccc3n2)CCC1. The first-order chi connectivity index (χ1) is 8.81. The van der Waals surface area contributed by atoms with Crippen LogP contribution >= 0.6 is 0 Å². The van der Waals surface area contributed by atoms with E-state index in [1.807, 2.05) is 30.5 Å². The predicted octanol–water partition coefficient (Wildman–Crippen LogP) is 3.62. The first-order valence-electron chi connectivity index (χ1n) is 6.77. The molecule has 1 heterocycles. The number of fused-ring (bicyclic) bond motifs is 1. The molecule has 1 aliphatic rings. The summed E-state index contributed by atoms with van der Waals surface area (Å²) in [5.41, 5.74) is 2.42. The van der Waals surface area contributed by atoms with Gasteiger partial charge in [0.25, 0.3) is 0 Å². The molecule has 0 atom stereocenters. The van der Waals surface area contributed by atoms with Crippen LogP contribution in [0.1, 0.15) is 32.6 Å². The molecule has 3 nitrogen and oxygen atoms in total. The van der Waals surface area contributed by atoms with Gasteiger partial charge in [0.05, 0.1) is 17.2 Å². The van der Waals surface area contributed by atoms with Gasteiger partial charge in [0.1, 0.15) is 5.82 Å². The Balaban J connectivity index is 1.74. The zero-order valence-electron chi connectivity index (χ0n) is 10.8. The average Bonchev–Trinajstić information content (AvgIpc) is 2.38. The minimum Gasteiger partial charge on any atom is -0.368 e. The second-order valence-corrected chi connectivity index (χ2v) is 5.30. The lowest BCUT2D eigenvalue weighted by Crippen LogP contribution is -2.36. The molecule has 0 radical (unpaired) electrons. The molecule has 94 valence electrons. The minimum atomic E-state index is 0.507. The Morgan fingerprint density at radius 3 is 2.67 bits per heavy atom. The molecule has 0 saturated heterocycles. The molecule has 3 rings (SSSR count). The van der Waals surface area contributed by atoms with Gasteiger partial charge < -0.3 is 5.32 Å². The summed E-state index contributed by atoms with van der Waals surface area (Å²) in [5, 5.41) is 3.46. The molecule has 18 heavy (non-hydrogen) atoms. The van der Waals surface area contributed by atoms with Crippen molar-refractivity contribution in [2.75, 3.05) is 11.9 Å². The van der Waals surface area contributed by atoms with Crippen LogP contribution in [0.3, 0.4) is 0 Å². The molecule has 1 aliphatic carbocycles. The molecule has 0 bridgehead atoms. The third-order valence-electron chi connectivity index (χ3n) is 4.26. The Kier molecular flexibility index (Phi) is 2.90. The summed E-state index contributed by atoms with van der Waals surface area (Å²) in [4.78, 5) is 9.02. The first kappa shape index (κ1) is 11.5. The Morgan fingerprint density at radius 2 is 2.00 bits per heavy atom. The number of nitrogens with one attached hydrogen (secondary N) is 1. The summed E-state index contributed by atoms with van der Waals surface area (Å²) in [6.45, 7) is 3.31. The number of nitrogens with zero attached hydrogens (tertiary/aromatic N) is 2. The molecule has 2 aromatic rings. The van der Waals surface area contributed by atoms with Crippen molar-refractivity contribution in [1.29, 1.82) is 0 Å². The van der Waals surface area contributed by atoms with Crippen LogP contribution in [0.25, 0.3) is 11.0 Å². The van der Waals surface area contributed by atoms with E-state index < -0.39 is 0 Å². The fourth-order valence-electron chi connectivity index (χ4n) is 2.65. The van der Waals surface area contributed by atoms with Crippen molar-refractivity contribution in [2.24, 2.45) is 5.41 Å². The lowest BCUT2D eigenvalue weighted by atomic mass is 9.67. The molecule has 0 spiro atoms. The highest BCUT2D eigenvalue weighted by Crippen LogP contribution is 2.43.